The van der Waals surface area contributed by atoms with Crippen molar-refractivity contribution in [2.75, 3.05) is 33.8 Å². The SMILES string of the molecule is COc1ccc(/C=C\c2cc(OC)c(OC)c(OC)c2)cc1NC(=O)Oc1cccc(C(F)(F)F)c1. The summed E-state index contributed by atoms with van der Waals surface area (Å²) >= 11 is 0. The highest BCUT2D eigenvalue weighted by molar-refractivity contribution is 5.89. The first-order chi connectivity index (χ1) is 17.2. The van der Waals surface area contributed by atoms with Crippen LogP contribution in [0.4, 0.5) is 23.7 Å². The van der Waals surface area contributed by atoms with E-state index in [1.807, 2.05) is 0 Å². The largest absolute Gasteiger partial charge is 0.495 e. The van der Waals surface area contributed by atoms with Crippen LogP contribution < -0.4 is 29.0 Å². The number of ether oxygens (including phenoxy) is 5. The zero-order chi connectivity index (χ0) is 26.3. The van der Waals surface area contributed by atoms with Crippen molar-refractivity contribution in [1.82, 2.24) is 0 Å². The van der Waals surface area contributed by atoms with Gasteiger partial charge in [-0.3, -0.25) is 5.32 Å². The topological polar surface area (TPSA) is 75.3 Å². The zero-order valence-electron chi connectivity index (χ0n) is 19.9. The molecule has 0 aliphatic rings. The summed E-state index contributed by atoms with van der Waals surface area (Å²) in [6, 6.07) is 12.6. The second-order valence-electron chi connectivity index (χ2n) is 7.29. The Morgan fingerprint density at radius 2 is 1.42 bits per heavy atom. The highest BCUT2D eigenvalue weighted by Gasteiger charge is 2.30. The molecule has 0 bridgehead atoms. The summed E-state index contributed by atoms with van der Waals surface area (Å²) in [5.41, 5.74) is 0.795. The van der Waals surface area contributed by atoms with Crippen LogP contribution in [0.25, 0.3) is 12.2 Å². The number of methoxy groups -OCH3 is 4. The maximum absolute atomic E-state index is 12.9. The van der Waals surface area contributed by atoms with E-state index in [0.29, 0.717) is 28.6 Å². The number of carbonyl (C=O) groups excluding carboxylic acids is 1. The molecule has 0 unspecified atom stereocenters. The minimum Gasteiger partial charge on any atom is -0.495 e. The Balaban J connectivity index is 1.81. The van der Waals surface area contributed by atoms with Gasteiger partial charge >= 0.3 is 12.3 Å². The van der Waals surface area contributed by atoms with Crippen molar-refractivity contribution in [2.45, 2.75) is 6.18 Å². The molecule has 10 heteroatoms. The quantitative estimate of drug-likeness (QED) is 0.353. The van der Waals surface area contributed by atoms with Crippen molar-refractivity contribution in [3.8, 4) is 28.7 Å². The molecular weight excluding hydrogens is 479 g/mol. The molecule has 0 heterocycles. The van der Waals surface area contributed by atoms with Crippen molar-refractivity contribution >= 4 is 23.9 Å². The number of rotatable bonds is 8. The lowest BCUT2D eigenvalue weighted by Crippen LogP contribution is -2.17. The van der Waals surface area contributed by atoms with Crippen molar-refractivity contribution < 1.29 is 41.7 Å². The first-order valence-corrected chi connectivity index (χ1v) is 10.5. The molecule has 3 aromatic carbocycles. The average Bonchev–Trinajstić information content (AvgIpc) is 2.86. The molecule has 3 rings (SSSR count). The van der Waals surface area contributed by atoms with Crippen molar-refractivity contribution in [3.05, 3.63) is 71.3 Å². The molecule has 7 nitrogen and oxygen atoms in total. The summed E-state index contributed by atoms with van der Waals surface area (Å²) in [5, 5.41) is 2.50. The Morgan fingerprint density at radius 3 is 2.00 bits per heavy atom. The van der Waals surface area contributed by atoms with Gasteiger partial charge in [-0.1, -0.05) is 24.3 Å². The molecule has 1 N–H and O–H groups in total. The smallest absolute Gasteiger partial charge is 0.417 e. The maximum Gasteiger partial charge on any atom is 0.417 e. The average molecular weight is 503 g/mol. The van der Waals surface area contributed by atoms with E-state index < -0.39 is 17.8 Å². The maximum atomic E-state index is 12.9. The van der Waals surface area contributed by atoms with Crippen LogP contribution in [0.15, 0.2) is 54.6 Å². The lowest BCUT2D eigenvalue weighted by atomic mass is 10.1. The minimum absolute atomic E-state index is 0.250. The highest BCUT2D eigenvalue weighted by Crippen LogP contribution is 2.39. The third-order valence-electron chi connectivity index (χ3n) is 4.99. The molecule has 3 aromatic rings. The number of carbonyl (C=O) groups is 1. The summed E-state index contributed by atoms with van der Waals surface area (Å²) in [6.07, 6.45) is -1.95. The van der Waals surface area contributed by atoms with Crippen molar-refractivity contribution in [2.24, 2.45) is 0 Å². The first kappa shape index (κ1) is 26.3. The van der Waals surface area contributed by atoms with E-state index in [1.165, 1.54) is 34.5 Å². The zero-order valence-corrected chi connectivity index (χ0v) is 19.9. The Hall–Kier alpha value is -4.34. The second-order valence-corrected chi connectivity index (χ2v) is 7.29. The molecule has 0 saturated heterocycles. The van der Waals surface area contributed by atoms with Gasteiger partial charge in [-0.2, -0.15) is 13.2 Å². The van der Waals surface area contributed by atoms with E-state index in [1.54, 1.807) is 42.5 Å². The van der Waals surface area contributed by atoms with E-state index in [0.717, 1.165) is 23.8 Å². The summed E-state index contributed by atoms with van der Waals surface area (Å²) in [7, 11) is 5.97. The summed E-state index contributed by atoms with van der Waals surface area (Å²) in [5.74, 6) is 1.53. The number of nitrogens with one attached hydrogen (secondary N) is 1. The Kier molecular flexibility index (Phi) is 8.31. The van der Waals surface area contributed by atoms with Gasteiger partial charge in [0.05, 0.1) is 39.7 Å². The Labute approximate surface area is 206 Å². The van der Waals surface area contributed by atoms with E-state index in [2.05, 4.69) is 5.32 Å². The van der Waals surface area contributed by atoms with Crippen molar-refractivity contribution in [1.29, 1.82) is 0 Å². The summed E-state index contributed by atoms with van der Waals surface area (Å²) < 4.78 is 65.1. The molecule has 0 radical (unpaired) electrons. The lowest BCUT2D eigenvalue weighted by molar-refractivity contribution is -0.137. The van der Waals surface area contributed by atoms with E-state index in [-0.39, 0.29) is 11.4 Å². The molecule has 0 aliphatic carbocycles. The second kappa shape index (κ2) is 11.4. The van der Waals surface area contributed by atoms with Gasteiger partial charge in [0.15, 0.2) is 11.5 Å². The standard InChI is InChI=1S/C26H24F3NO6/c1-32-21-11-10-16(8-9-17-13-22(33-2)24(35-4)23(14-17)34-3)12-20(21)30-25(31)36-19-7-5-6-18(15-19)26(27,28)29/h5-15H,1-4H3,(H,30,31)/b9-8-. The molecule has 0 aliphatic heterocycles. The molecule has 1 amide bonds. The molecule has 0 fully saturated rings. The molecule has 190 valence electrons. The Bertz CT molecular complexity index is 1230. The predicted molar refractivity (Wildman–Crippen MR) is 129 cm³/mol. The molecule has 0 saturated carbocycles. The molecule has 0 aromatic heterocycles. The number of hydrogen-bond acceptors (Lipinski definition) is 6. The van der Waals surface area contributed by atoms with E-state index in [9.17, 15) is 18.0 Å². The van der Waals surface area contributed by atoms with Crippen LogP contribution in [-0.2, 0) is 6.18 Å². The van der Waals surface area contributed by atoms with Gasteiger partial charge in [0.25, 0.3) is 0 Å². The van der Waals surface area contributed by atoms with Crippen LogP contribution in [0.1, 0.15) is 16.7 Å². The molecule has 0 spiro atoms. The van der Waals surface area contributed by atoms with Crippen LogP contribution in [-0.4, -0.2) is 34.5 Å². The van der Waals surface area contributed by atoms with Crippen LogP contribution in [0, 0.1) is 0 Å². The van der Waals surface area contributed by atoms with Gasteiger partial charge in [0, 0.05) is 0 Å². The van der Waals surface area contributed by atoms with E-state index in [4.69, 9.17) is 23.7 Å². The number of benzene rings is 3. The summed E-state index contributed by atoms with van der Waals surface area (Å²) in [4.78, 5) is 12.4. The van der Waals surface area contributed by atoms with Gasteiger partial charge in [-0.15, -0.1) is 0 Å². The van der Waals surface area contributed by atoms with Crippen LogP contribution in [0.2, 0.25) is 0 Å². The molecular formula is C26H24F3NO6. The fourth-order valence-corrected chi connectivity index (χ4v) is 3.30. The minimum atomic E-state index is -4.56. The molecule has 36 heavy (non-hydrogen) atoms. The lowest BCUT2D eigenvalue weighted by Gasteiger charge is -2.13. The third-order valence-corrected chi connectivity index (χ3v) is 4.99. The van der Waals surface area contributed by atoms with Crippen LogP contribution >= 0.6 is 0 Å². The van der Waals surface area contributed by atoms with Gasteiger partial charge in [-0.05, 0) is 53.6 Å². The number of halogens is 3. The highest BCUT2D eigenvalue weighted by atomic mass is 19.4. The van der Waals surface area contributed by atoms with Gasteiger partial charge < -0.3 is 23.7 Å². The molecule has 0 atom stereocenters. The van der Waals surface area contributed by atoms with E-state index >= 15 is 0 Å². The van der Waals surface area contributed by atoms with Crippen LogP contribution in [0.3, 0.4) is 0 Å². The predicted octanol–water partition coefficient (Wildman–Crippen LogP) is 6.52. The number of alkyl halides is 3. The fraction of sp³-hybridized carbons (Fsp3) is 0.192. The van der Waals surface area contributed by atoms with Crippen LogP contribution in [0.5, 0.6) is 28.7 Å². The summed E-state index contributed by atoms with van der Waals surface area (Å²) in [6.45, 7) is 0. The monoisotopic (exact) mass is 503 g/mol. The number of hydrogen-bond donors (Lipinski definition) is 1. The van der Waals surface area contributed by atoms with Gasteiger partial charge in [0.2, 0.25) is 5.75 Å². The Morgan fingerprint density at radius 1 is 0.778 bits per heavy atom. The fourth-order valence-electron chi connectivity index (χ4n) is 3.30. The van der Waals surface area contributed by atoms with Crippen molar-refractivity contribution in [3.63, 3.8) is 0 Å². The normalized spacial score (nSPS) is 11.2. The number of amides is 1. The first-order valence-electron chi connectivity index (χ1n) is 10.5. The third kappa shape index (κ3) is 6.41. The van der Waals surface area contributed by atoms with Gasteiger partial charge in [-0.25, -0.2) is 4.79 Å². The van der Waals surface area contributed by atoms with Gasteiger partial charge in [0.1, 0.15) is 11.5 Å². The number of anilines is 1.